The average Bonchev–Trinajstić information content (AvgIpc) is 3.05. The lowest BCUT2D eigenvalue weighted by atomic mass is 10.1. The predicted molar refractivity (Wildman–Crippen MR) is 90.0 cm³/mol. The molecule has 0 unspecified atom stereocenters. The Morgan fingerprint density at radius 1 is 1.16 bits per heavy atom. The van der Waals surface area contributed by atoms with Crippen molar-refractivity contribution >= 4 is 0 Å². The highest BCUT2D eigenvalue weighted by Crippen LogP contribution is 2.16. The minimum Gasteiger partial charge on any atom is -0.269 e. The second-order valence-corrected chi connectivity index (χ2v) is 5.92. The van der Waals surface area contributed by atoms with E-state index in [-0.39, 0.29) is 11.4 Å². The third kappa shape index (κ3) is 3.96. The zero-order chi connectivity index (χ0) is 17.8. The topological polar surface area (TPSA) is 78.5 Å². The molecule has 130 valence electrons. The number of rotatable bonds is 6. The van der Waals surface area contributed by atoms with Crippen molar-refractivity contribution in [3.05, 3.63) is 63.8 Å². The molecular formula is C17H19FN6O. The summed E-state index contributed by atoms with van der Waals surface area (Å²) in [5, 5.41) is 10.9. The van der Waals surface area contributed by atoms with Gasteiger partial charge in [0, 0.05) is 18.3 Å². The molecule has 0 radical (unpaired) electrons. The van der Waals surface area contributed by atoms with Crippen LogP contribution in [-0.2, 0) is 13.0 Å². The fraction of sp³-hybridized carbons (Fsp3) is 0.353. The molecule has 0 aliphatic heterocycles. The van der Waals surface area contributed by atoms with Crippen molar-refractivity contribution < 1.29 is 4.39 Å². The van der Waals surface area contributed by atoms with Crippen LogP contribution in [0.5, 0.6) is 0 Å². The van der Waals surface area contributed by atoms with Crippen molar-refractivity contribution in [2.75, 3.05) is 0 Å². The van der Waals surface area contributed by atoms with E-state index in [0.29, 0.717) is 35.7 Å². The Hall–Kier alpha value is -2.90. The highest BCUT2D eigenvalue weighted by Gasteiger charge is 2.09. The molecule has 3 aromatic rings. The molecule has 1 aromatic carbocycles. The maximum absolute atomic E-state index is 14.4. The molecule has 0 aliphatic carbocycles. The van der Waals surface area contributed by atoms with E-state index in [4.69, 9.17) is 0 Å². The molecule has 0 aliphatic rings. The number of aromatic nitrogens is 6. The third-order valence-corrected chi connectivity index (χ3v) is 3.98. The van der Waals surface area contributed by atoms with Gasteiger partial charge in [-0.15, -0.1) is 5.10 Å². The maximum atomic E-state index is 14.4. The van der Waals surface area contributed by atoms with Crippen LogP contribution in [0.1, 0.15) is 29.9 Å². The van der Waals surface area contributed by atoms with E-state index in [9.17, 15) is 9.18 Å². The minimum absolute atomic E-state index is 0.210. The van der Waals surface area contributed by atoms with Crippen LogP contribution >= 0.6 is 0 Å². The van der Waals surface area contributed by atoms with Gasteiger partial charge in [-0.2, -0.15) is 0 Å². The first-order valence-corrected chi connectivity index (χ1v) is 8.11. The molecule has 0 atom stereocenters. The number of benzene rings is 1. The normalized spacial score (nSPS) is 11.0. The molecule has 7 nitrogen and oxygen atoms in total. The van der Waals surface area contributed by atoms with E-state index in [1.54, 1.807) is 37.0 Å². The Labute approximate surface area is 144 Å². The van der Waals surface area contributed by atoms with Crippen molar-refractivity contribution in [1.82, 2.24) is 29.8 Å². The number of nitrogens with zero attached hydrogens (tertiary/aromatic N) is 6. The first-order chi connectivity index (χ1) is 12.0. The van der Waals surface area contributed by atoms with Crippen LogP contribution in [0.25, 0.3) is 5.69 Å². The lowest BCUT2D eigenvalue weighted by Crippen LogP contribution is -2.22. The van der Waals surface area contributed by atoms with Gasteiger partial charge in [-0.25, -0.2) is 14.1 Å². The van der Waals surface area contributed by atoms with Crippen molar-refractivity contribution in [2.24, 2.45) is 0 Å². The number of unbranched alkanes of at least 4 members (excludes halogenated alkanes) is 1. The molecular weight excluding hydrogens is 323 g/mol. The van der Waals surface area contributed by atoms with E-state index in [2.05, 4.69) is 20.5 Å². The summed E-state index contributed by atoms with van der Waals surface area (Å²) in [4.78, 5) is 16.4. The maximum Gasteiger partial charge on any atom is 0.258 e. The minimum atomic E-state index is -0.313. The number of aryl methyl sites for hydroxylation is 4. The average molecular weight is 342 g/mol. The third-order valence-electron chi connectivity index (χ3n) is 3.98. The van der Waals surface area contributed by atoms with Crippen molar-refractivity contribution in [3.63, 3.8) is 0 Å². The Morgan fingerprint density at radius 2 is 2.00 bits per heavy atom. The van der Waals surface area contributed by atoms with Gasteiger partial charge in [0.15, 0.2) is 0 Å². The molecule has 25 heavy (non-hydrogen) atoms. The monoisotopic (exact) mass is 342 g/mol. The zero-order valence-corrected chi connectivity index (χ0v) is 14.2. The van der Waals surface area contributed by atoms with Gasteiger partial charge in [-0.05, 0) is 61.2 Å². The molecule has 0 amide bonds. The van der Waals surface area contributed by atoms with E-state index in [0.717, 1.165) is 12.8 Å². The lowest BCUT2D eigenvalue weighted by Gasteiger charge is -2.11. The van der Waals surface area contributed by atoms with Crippen LogP contribution in [0.4, 0.5) is 4.39 Å². The molecule has 0 saturated carbocycles. The molecule has 8 heteroatoms. The Balaban J connectivity index is 1.70. The van der Waals surface area contributed by atoms with E-state index >= 15 is 0 Å². The van der Waals surface area contributed by atoms with Crippen molar-refractivity contribution in [3.8, 4) is 5.69 Å². The summed E-state index contributed by atoms with van der Waals surface area (Å²) in [6.45, 7) is 4.20. The summed E-state index contributed by atoms with van der Waals surface area (Å²) in [5.74, 6) is 0.227. The summed E-state index contributed by atoms with van der Waals surface area (Å²) >= 11 is 0. The van der Waals surface area contributed by atoms with E-state index in [1.165, 1.54) is 16.7 Å². The van der Waals surface area contributed by atoms with Crippen LogP contribution < -0.4 is 5.56 Å². The number of halogens is 1. The fourth-order valence-corrected chi connectivity index (χ4v) is 2.80. The summed E-state index contributed by atoms with van der Waals surface area (Å²) in [6.07, 6.45) is 3.85. The molecule has 0 bridgehead atoms. The summed E-state index contributed by atoms with van der Waals surface area (Å²) in [5.41, 5.74) is 1.56. The molecule has 2 aromatic heterocycles. The summed E-state index contributed by atoms with van der Waals surface area (Å²) in [6, 6.07) is 6.32. The first kappa shape index (κ1) is 16.9. The Kier molecular flexibility index (Phi) is 4.97. The van der Waals surface area contributed by atoms with Gasteiger partial charge in [0.25, 0.3) is 5.56 Å². The van der Waals surface area contributed by atoms with Crippen molar-refractivity contribution in [1.29, 1.82) is 0 Å². The fourth-order valence-electron chi connectivity index (χ4n) is 2.80. The number of hydrogen-bond donors (Lipinski definition) is 0. The first-order valence-electron chi connectivity index (χ1n) is 8.11. The largest absolute Gasteiger partial charge is 0.269 e. The molecule has 0 saturated heterocycles. The van der Waals surface area contributed by atoms with Gasteiger partial charge >= 0.3 is 0 Å². The summed E-state index contributed by atoms with van der Waals surface area (Å²) < 4.78 is 17.5. The zero-order valence-electron chi connectivity index (χ0n) is 14.2. The van der Waals surface area contributed by atoms with Crippen LogP contribution in [0.2, 0.25) is 0 Å². The lowest BCUT2D eigenvalue weighted by molar-refractivity contribution is 0.533. The van der Waals surface area contributed by atoms with Gasteiger partial charge in [0.2, 0.25) is 0 Å². The molecule has 0 fully saturated rings. The predicted octanol–water partition coefficient (Wildman–Crippen LogP) is 2.00. The van der Waals surface area contributed by atoms with Gasteiger partial charge in [0.05, 0.1) is 5.69 Å². The van der Waals surface area contributed by atoms with Crippen LogP contribution in [0, 0.1) is 19.7 Å². The quantitative estimate of drug-likeness (QED) is 0.640. The van der Waals surface area contributed by atoms with E-state index in [1.807, 2.05) is 0 Å². The second kappa shape index (κ2) is 7.33. The van der Waals surface area contributed by atoms with Crippen molar-refractivity contribution in [2.45, 2.75) is 39.7 Å². The highest BCUT2D eigenvalue weighted by atomic mass is 19.1. The van der Waals surface area contributed by atoms with Gasteiger partial charge in [0.1, 0.15) is 18.0 Å². The van der Waals surface area contributed by atoms with Gasteiger partial charge in [-0.3, -0.25) is 9.36 Å². The van der Waals surface area contributed by atoms with Crippen LogP contribution in [0.15, 0.2) is 35.4 Å². The molecule has 2 heterocycles. The van der Waals surface area contributed by atoms with Crippen LogP contribution in [-0.4, -0.2) is 29.8 Å². The van der Waals surface area contributed by atoms with Crippen LogP contribution in [0.3, 0.4) is 0 Å². The highest BCUT2D eigenvalue weighted by molar-refractivity contribution is 5.37. The number of hydrogen-bond acceptors (Lipinski definition) is 5. The Morgan fingerprint density at radius 3 is 2.68 bits per heavy atom. The van der Waals surface area contributed by atoms with Gasteiger partial charge < -0.3 is 0 Å². The molecule has 0 N–H and O–H groups in total. The standard InChI is InChI=1S/C17H19FN6O/c1-12-9-17(25)24(13(2)20-12)15-7-6-14(16(18)10-15)5-3-4-8-23-11-19-21-22-23/h6-7,9-11H,3-5,8H2,1-2H3. The SMILES string of the molecule is Cc1cc(=O)n(-c2ccc(CCCCn3cnnn3)c(F)c2)c(C)n1. The number of tetrazole rings is 1. The smallest absolute Gasteiger partial charge is 0.258 e. The Bertz CT molecular complexity index is 919. The van der Waals surface area contributed by atoms with Gasteiger partial charge in [-0.1, -0.05) is 6.07 Å². The second-order valence-electron chi connectivity index (χ2n) is 5.92. The molecule has 3 rings (SSSR count). The van der Waals surface area contributed by atoms with E-state index < -0.39 is 0 Å². The molecule has 0 spiro atoms. The summed E-state index contributed by atoms with van der Waals surface area (Å²) in [7, 11) is 0.